The lowest BCUT2D eigenvalue weighted by Crippen LogP contribution is -2.09. The number of unbranched alkanes of at least 4 members (excludes halogenated alkanes) is 1. The Labute approximate surface area is 103 Å². The SMILES string of the molecule is CCCCc1ncc(CCC)cc1C(=O)OC. The first-order valence-corrected chi connectivity index (χ1v) is 6.29. The van der Waals surface area contributed by atoms with Crippen molar-refractivity contribution in [3.8, 4) is 0 Å². The van der Waals surface area contributed by atoms with Gasteiger partial charge >= 0.3 is 5.97 Å². The van der Waals surface area contributed by atoms with Gasteiger partial charge in [0.25, 0.3) is 0 Å². The highest BCUT2D eigenvalue weighted by Gasteiger charge is 2.13. The Hall–Kier alpha value is -1.38. The number of methoxy groups -OCH3 is 1. The molecule has 0 aliphatic rings. The lowest BCUT2D eigenvalue weighted by molar-refractivity contribution is 0.0598. The Morgan fingerprint density at radius 3 is 2.65 bits per heavy atom. The van der Waals surface area contributed by atoms with Crippen molar-refractivity contribution in [1.82, 2.24) is 4.98 Å². The fraction of sp³-hybridized carbons (Fsp3) is 0.571. The minimum Gasteiger partial charge on any atom is -0.465 e. The largest absolute Gasteiger partial charge is 0.465 e. The van der Waals surface area contributed by atoms with Crippen LogP contribution < -0.4 is 0 Å². The van der Waals surface area contributed by atoms with Crippen LogP contribution in [0.5, 0.6) is 0 Å². The van der Waals surface area contributed by atoms with E-state index < -0.39 is 0 Å². The van der Waals surface area contributed by atoms with E-state index in [1.165, 1.54) is 7.11 Å². The van der Waals surface area contributed by atoms with Crippen LogP contribution in [0, 0.1) is 0 Å². The maximum Gasteiger partial charge on any atom is 0.339 e. The van der Waals surface area contributed by atoms with Crippen molar-refractivity contribution in [2.45, 2.75) is 46.0 Å². The normalized spacial score (nSPS) is 10.3. The summed E-state index contributed by atoms with van der Waals surface area (Å²) in [4.78, 5) is 16.1. The number of carbonyl (C=O) groups is 1. The van der Waals surface area contributed by atoms with Gasteiger partial charge in [0.2, 0.25) is 0 Å². The number of aromatic nitrogens is 1. The molecule has 0 aliphatic carbocycles. The summed E-state index contributed by atoms with van der Waals surface area (Å²) in [5, 5.41) is 0. The van der Waals surface area contributed by atoms with Crippen molar-refractivity contribution >= 4 is 5.97 Å². The standard InChI is InChI=1S/C14H21NO2/c1-4-6-8-13-12(14(16)17-3)9-11(7-5-2)10-15-13/h9-10H,4-8H2,1-3H3. The number of hydrogen-bond acceptors (Lipinski definition) is 3. The molecule has 0 aromatic carbocycles. The van der Waals surface area contributed by atoms with Gasteiger partial charge in [-0.05, 0) is 30.9 Å². The summed E-state index contributed by atoms with van der Waals surface area (Å²) in [6.45, 7) is 4.24. The van der Waals surface area contributed by atoms with Crippen LogP contribution in [0.25, 0.3) is 0 Å². The number of pyridine rings is 1. The molecule has 0 aliphatic heterocycles. The van der Waals surface area contributed by atoms with Crippen LogP contribution in [0.15, 0.2) is 12.3 Å². The minimum atomic E-state index is -0.276. The maximum atomic E-state index is 11.7. The van der Waals surface area contributed by atoms with Crippen LogP contribution in [0.3, 0.4) is 0 Å². The third-order valence-electron chi connectivity index (χ3n) is 2.74. The van der Waals surface area contributed by atoms with Crippen LogP contribution in [0.2, 0.25) is 0 Å². The maximum absolute atomic E-state index is 11.7. The Morgan fingerprint density at radius 1 is 1.29 bits per heavy atom. The fourth-order valence-electron chi connectivity index (χ4n) is 1.79. The first-order chi connectivity index (χ1) is 8.22. The average Bonchev–Trinajstić information content (AvgIpc) is 2.36. The number of esters is 1. The average molecular weight is 235 g/mol. The number of hydrogen-bond donors (Lipinski definition) is 0. The van der Waals surface area contributed by atoms with E-state index in [1.54, 1.807) is 0 Å². The van der Waals surface area contributed by atoms with E-state index >= 15 is 0 Å². The lowest BCUT2D eigenvalue weighted by atomic mass is 10.0. The molecule has 1 rings (SSSR count). The summed E-state index contributed by atoms with van der Waals surface area (Å²) in [7, 11) is 1.42. The van der Waals surface area contributed by atoms with Gasteiger partial charge in [-0.25, -0.2) is 4.79 Å². The minimum absolute atomic E-state index is 0.276. The molecule has 0 N–H and O–H groups in total. The van der Waals surface area contributed by atoms with Gasteiger partial charge in [0, 0.05) is 6.20 Å². The molecule has 0 bridgehead atoms. The van der Waals surface area contributed by atoms with Crippen molar-refractivity contribution in [2.75, 3.05) is 7.11 Å². The fourth-order valence-corrected chi connectivity index (χ4v) is 1.79. The van der Waals surface area contributed by atoms with E-state index in [9.17, 15) is 4.79 Å². The second-order valence-corrected chi connectivity index (χ2v) is 4.18. The molecule has 3 nitrogen and oxygen atoms in total. The molecule has 1 aromatic heterocycles. The summed E-state index contributed by atoms with van der Waals surface area (Å²) in [6.07, 6.45) is 6.86. The Balaban J connectivity index is 2.98. The van der Waals surface area contributed by atoms with Gasteiger partial charge in [0.1, 0.15) is 0 Å². The summed E-state index contributed by atoms with van der Waals surface area (Å²) < 4.78 is 4.81. The summed E-state index contributed by atoms with van der Waals surface area (Å²) in [6, 6.07) is 1.92. The lowest BCUT2D eigenvalue weighted by Gasteiger charge is -2.08. The molecule has 1 heterocycles. The zero-order chi connectivity index (χ0) is 12.7. The number of aryl methyl sites for hydroxylation is 2. The number of ether oxygens (including phenoxy) is 1. The molecule has 1 aromatic rings. The molecule has 0 amide bonds. The smallest absolute Gasteiger partial charge is 0.339 e. The van der Waals surface area contributed by atoms with Gasteiger partial charge in [-0.3, -0.25) is 4.98 Å². The molecule has 94 valence electrons. The van der Waals surface area contributed by atoms with E-state index in [1.807, 2.05) is 12.3 Å². The molecule has 3 heteroatoms. The molecular weight excluding hydrogens is 214 g/mol. The van der Waals surface area contributed by atoms with Gasteiger partial charge in [-0.2, -0.15) is 0 Å². The summed E-state index contributed by atoms with van der Waals surface area (Å²) >= 11 is 0. The van der Waals surface area contributed by atoms with E-state index in [2.05, 4.69) is 18.8 Å². The second-order valence-electron chi connectivity index (χ2n) is 4.18. The van der Waals surface area contributed by atoms with Crippen LogP contribution >= 0.6 is 0 Å². The highest BCUT2D eigenvalue weighted by molar-refractivity contribution is 5.90. The molecule has 0 saturated carbocycles. The summed E-state index contributed by atoms with van der Waals surface area (Å²) in [5.74, 6) is -0.276. The Bertz CT molecular complexity index is 374. The van der Waals surface area contributed by atoms with Crippen LogP contribution in [0.4, 0.5) is 0 Å². The van der Waals surface area contributed by atoms with Crippen molar-refractivity contribution < 1.29 is 9.53 Å². The zero-order valence-corrected chi connectivity index (χ0v) is 11.0. The van der Waals surface area contributed by atoms with Gasteiger partial charge < -0.3 is 4.74 Å². The van der Waals surface area contributed by atoms with Crippen molar-refractivity contribution in [3.63, 3.8) is 0 Å². The first-order valence-electron chi connectivity index (χ1n) is 6.29. The quantitative estimate of drug-likeness (QED) is 0.711. The zero-order valence-electron chi connectivity index (χ0n) is 11.0. The van der Waals surface area contributed by atoms with E-state index in [0.717, 1.165) is 43.4 Å². The molecular formula is C14H21NO2. The monoisotopic (exact) mass is 235 g/mol. The predicted octanol–water partition coefficient (Wildman–Crippen LogP) is 3.16. The van der Waals surface area contributed by atoms with Crippen LogP contribution in [-0.2, 0) is 17.6 Å². The topological polar surface area (TPSA) is 39.2 Å². The Morgan fingerprint density at radius 2 is 2.06 bits per heavy atom. The number of nitrogens with zero attached hydrogens (tertiary/aromatic N) is 1. The first kappa shape index (κ1) is 13.7. The highest BCUT2D eigenvalue weighted by Crippen LogP contribution is 2.14. The van der Waals surface area contributed by atoms with Gasteiger partial charge in [0.15, 0.2) is 0 Å². The van der Waals surface area contributed by atoms with Crippen LogP contribution in [-0.4, -0.2) is 18.1 Å². The van der Waals surface area contributed by atoms with E-state index in [-0.39, 0.29) is 5.97 Å². The van der Waals surface area contributed by atoms with Gasteiger partial charge in [-0.15, -0.1) is 0 Å². The highest BCUT2D eigenvalue weighted by atomic mass is 16.5. The molecule has 0 unspecified atom stereocenters. The molecule has 17 heavy (non-hydrogen) atoms. The van der Waals surface area contributed by atoms with E-state index in [4.69, 9.17) is 4.74 Å². The van der Waals surface area contributed by atoms with Gasteiger partial charge in [-0.1, -0.05) is 26.7 Å². The van der Waals surface area contributed by atoms with Crippen molar-refractivity contribution in [3.05, 3.63) is 29.1 Å². The van der Waals surface area contributed by atoms with Gasteiger partial charge in [0.05, 0.1) is 18.4 Å². The Kier molecular flexibility index (Phi) is 5.67. The molecule has 0 atom stereocenters. The number of carbonyl (C=O) groups excluding carboxylic acids is 1. The summed E-state index contributed by atoms with van der Waals surface area (Å²) in [5.41, 5.74) is 2.60. The van der Waals surface area contributed by atoms with E-state index in [0.29, 0.717) is 5.56 Å². The molecule has 0 fully saturated rings. The van der Waals surface area contributed by atoms with Crippen molar-refractivity contribution in [1.29, 1.82) is 0 Å². The third-order valence-corrected chi connectivity index (χ3v) is 2.74. The molecule has 0 spiro atoms. The van der Waals surface area contributed by atoms with Crippen molar-refractivity contribution in [2.24, 2.45) is 0 Å². The van der Waals surface area contributed by atoms with Crippen LogP contribution in [0.1, 0.15) is 54.7 Å². The predicted molar refractivity (Wildman–Crippen MR) is 68.2 cm³/mol. The third kappa shape index (κ3) is 3.84. The number of rotatable bonds is 6. The molecule has 0 saturated heterocycles. The molecule has 0 radical (unpaired) electrons. The second kappa shape index (κ2) is 7.05.